The van der Waals surface area contributed by atoms with E-state index in [4.69, 9.17) is 4.52 Å². The Balaban J connectivity index is 1.68. The molecule has 2 amide bonds. The van der Waals surface area contributed by atoms with E-state index in [2.05, 4.69) is 35.4 Å². The van der Waals surface area contributed by atoms with E-state index < -0.39 is 0 Å². The molecule has 2 heterocycles. The van der Waals surface area contributed by atoms with Gasteiger partial charge in [0.25, 0.3) is 0 Å². The molecule has 3 rings (SSSR count). The van der Waals surface area contributed by atoms with E-state index in [0.717, 1.165) is 17.7 Å². The molecule has 0 saturated carbocycles. The molecule has 1 aromatic heterocycles. The van der Waals surface area contributed by atoms with Crippen molar-refractivity contribution >= 4 is 17.5 Å². The quantitative estimate of drug-likeness (QED) is 0.789. The van der Waals surface area contributed by atoms with E-state index in [1.165, 1.54) is 0 Å². The monoisotopic (exact) mass is 427 g/mol. The maximum absolute atomic E-state index is 13.0. The predicted octanol–water partition coefficient (Wildman–Crippen LogP) is 2.71. The first-order valence-corrected chi connectivity index (χ1v) is 11.1. The molecule has 0 aliphatic carbocycles. The minimum Gasteiger partial charge on any atom is -0.341 e. The molecule has 0 fully saturated rings. The lowest BCUT2D eigenvalue weighted by Gasteiger charge is -2.27. The van der Waals surface area contributed by atoms with Gasteiger partial charge in [-0.3, -0.25) is 9.59 Å². The van der Waals surface area contributed by atoms with Crippen molar-refractivity contribution in [1.29, 1.82) is 0 Å². The largest absolute Gasteiger partial charge is 0.341 e. The minimum absolute atomic E-state index is 0.0643. The van der Waals surface area contributed by atoms with Gasteiger partial charge in [0.05, 0.1) is 0 Å². The third-order valence-corrected chi connectivity index (χ3v) is 5.33. The van der Waals surface area contributed by atoms with Crippen LogP contribution in [0.5, 0.6) is 0 Å². The van der Waals surface area contributed by atoms with Crippen LogP contribution in [0.2, 0.25) is 0 Å². The molecule has 0 spiro atoms. The van der Waals surface area contributed by atoms with Gasteiger partial charge in [0.15, 0.2) is 5.82 Å². The van der Waals surface area contributed by atoms with Crippen LogP contribution >= 0.6 is 0 Å². The Morgan fingerprint density at radius 3 is 2.71 bits per heavy atom. The van der Waals surface area contributed by atoms with E-state index in [0.29, 0.717) is 69.6 Å². The van der Waals surface area contributed by atoms with Crippen molar-refractivity contribution in [2.75, 3.05) is 31.1 Å². The lowest BCUT2D eigenvalue weighted by molar-refractivity contribution is -0.131. The summed E-state index contributed by atoms with van der Waals surface area (Å²) in [6.45, 7) is 9.06. The zero-order valence-corrected chi connectivity index (χ0v) is 18.8. The van der Waals surface area contributed by atoms with Crippen molar-refractivity contribution in [2.24, 2.45) is 5.92 Å². The highest BCUT2D eigenvalue weighted by Gasteiger charge is 2.22. The van der Waals surface area contributed by atoms with Crippen molar-refractivity contribution < 1.29 is 14.1 Å². The molecule has 31 heavy (non-hydrogen) atoms. The van der Waals surface area contributed by atoms with Gasteiger partial charge in [-0.25, -0.2) is 0 Å². The predicted molar refractivity (Wildman–Crippen MR) is 119 cm³/mol. The van der Waals surface area contributed by atoms with Gasteiger partial charge in [-0.2, -0.15) is 4.98 Å². The third-order valence-electron chi connectivity index (χ3n) is 5.33. The lowest BCUT2D eigenvalue weighted by atomic mass is 10.1. The Kier molecular flexibility index (Phi) is 8.17. The van der Waals surface area contributed by atoms with Crippen LogP contribution < -0.4 is 10.2 Å². The maximum Gasteiger partial charge on any atom is 0.227 e. The number of nitrogens with zero attached hydrogens (tertiary/aromatic N) is 4. The summed E-state index contributed by atoms with van der Waals surface area (Å²) in [7, 11) is 0. The molecular weight excluding hydrogens is 394 g/mol. The average molecular weight is 428 g/mol. The zero-order valence-electron chi connectivity index (χ0n) is 18.8. The van der Waals surface area contributed by atoms with E-state index in [1.807, 2.05) is 28.0 Å². The number of rotatable bonds is 5. The number of hydrogen-bond acceptors (Lipinski definition) is 6. The second kappa shape index (κ2) is 11.0. The molecule has 0 unspecified atom stereocenters. The van der Waals surface area contributed by atoms with Gasteiger partial charge < -0.3 is 19.6 Å². The normalized spacial score (nSPS) is 15.5. The van der Waals surface area contributed by atoms with Crippen molar-refractivity contribution in [1.82, 2.24) is 20.4 Å². The summed E-state index contributed by atoms with van der Waals surface area (Å²) >= 11 is 0. The van der Waals surface area contributed by atoms with Crippen LogP contribution in [0.4, 0.5) is 5.69 Å². The highest BCUT2D eigenvalue weighted by atomic mass is 16.5. The standard InChI is InChI=1S/C23H33N5O3/c1-17(2)15-23(30)28-13-6-12-27(22(29)10-9-21-25-18(3)26-31-21)14-11-24-16-19-7-4-5-8-20(19)28/h4-5,7-8,17,24H,6,9-16H2,1-3H3. The fraction of sp³-hybridized carbons (Fsp3) is 0.565. The van der Waals surface area contributed by atoms with E-state index >= 15 is 0 Å². The fourth-order valence-corrected chi connectivity index (χ4v) is 3.79. The number of aryl methyl sites for hydroxylation is 2. The second-order valence-electron chi connectivity index (χ2n) is 8.42. The molecule has 2 aromatic rings. The molecule has 8 heteroatoms. The van der Waals surface area contributed by atoms with Crippen LogP contribution in [0, 0.1) is 12.8 Å². The number of hydrogen-bond donors (Lipinski definition) is 1. The van der Waals surface area contributed by atoms with Crippen LogP contribution in [0.3, 0.4) is 0 Å². The second-order valence-corrected chi connectivity index (χ2v) is 8.42. The van der Waals surface area contributed by atoms with Gasteiger partial charge in [0, 0.05) is 57.7 Å². The molecule has 0 atom stereocenters. The first-order chi connectivity index (χ1) is 14.9. The summed E-state index contributed by atoms with van der Waals surface area (Å²) in [6, 6.07) is 8.05. The Bertz CT molecular complexity index is 880. The molecule has 0 saturated heterocycles. The van der Waals surface area contributed by atoms with Gasteiger partial charge in [-0.1, -0.05) is 37.2 Å². The Morgan fingerprint density at radius 2 is 1.97 bits per heavy atom. The molecule has 0 radical (unpaired) electrons. The Morgan fingerprint density at radius 1 is 1.16 bits per heavy atom. The summed E-state index contributed by atoms with van der Waals surface area (Å²) in [5.41, 5.74) is 2.07. The first kappa shape index (κ1) is 22.9. The number of aromatic nitrogens is 2. The van der Waals surface area contributed by atoms with Crippen molar-refractivity contribution in [3.8, 4) is 0 Å². The molecule has 1 aliphatic rings. The van der Waals surface area contributed by atoms with E-state index in [1.54, 1.807) is 6.92 Å². The van der Waals surface area contributed by atoms with Crippen LogP contribution in [0.1, 0.15) is 50.4 Å². The lowest BCUT2D eigenvalue weighted by Crippen LogP contribution is -2.39. The minimum atomic E-state index is 0.0643. The van der Waals surface area contributed by atoms with Crippen LogP contribution in [0.15, 0.2) is 28.8 Å². The van der Waals surface area contributed by atoms with Crippen LogP contribution in [-0.4, -0.2) is 53.0 Å². The molecule has 1 aromatic carbocycles. The SMILES string of the molecule is Cc1noc(CCC(=O)N2CCCN(C(=O)CC(C)C)c3ccccc3CNCC2)n1. The molecule has 0 bridgehead atoms. The smallest absolute Gasteiger partial charge is 0.227 e. The van der Waals surface area contributed by atoms with Gasteiger partial charge in [0.2, 0.25) is 17.7 Å². The maximum atomic E-state index is 13.0. The van der Waals surface area contributed by atoms with E-state index in [9.17, 15) is 9.59 Å². The summed E-state index contributed by atoms with van der Waals surface area (Å²) in [4.78, 5) is 33.8. The number of anilines is 1. The number of benzene rings is 1. The van der Waals surface area contributed by atoms with Crippen LogP contribution in [-0.2, 0) is 22.6 Å². The van der Waals surface area contributed by atoms with E-state index in [-0.39, 0.29) is 11.8 Å². The highest BCUT2D eigenvalue weighted by Crippen LogP contribution is 2.23. The summed E-state index contributed by atoms with van der Waals surface area (Å²) < 4.78 is 5.12. The van der Waals surface area contributed by atoms with Gasteiger partial charge in [-0.15, -0.1) is 0 Å². The molecular formula is C23H33N5O3. The fourth-order valence-electron chi connectivity index (χ4n) is 3.79. The van der Waals surface area contributed by atoms with Crippen molar-refractivity contribution in [3.05, 3.63) is 41.5 Å². The summed E-state index contributed by atoms with van der Waals surface area (Å²) in [5, 5.41) is 7.20. The Hall–Kier alpha value is -2.74. The molecule has 168 valence electrons. The zero-order chi connectivity index (χ0) is 22.2. The third kappa shape index (κ3) is 6.62. The number of nitrogens with one attached hydrogen (secondary N) is 1. The number of carbonyl (C=O) groups excluding carboxylic acids is 2. The first-order valence-electron chi connectivity index (χ1n) is 11.1. The highest BCUT2D eigenvalue weighted by molar-refractivity contribution is 5.94. The molecule has 1 N–H and O–H groups in total. The van der Waals surface area contributed by atoms with Gasteiger partial charge in [0.1, 0.15) is 0 Å². The van der Waals surface area contributed by atoms with Crippen LogP contribution in [0.25, 0.3) is 0 Å². The molecule has 1 aliphatic heterocycles. The van der Waals surface area contributed by atoms with Gasteiger partial charge in [-0.05, 0) is 30.9 Å². The van der Waals surface area contributed by atoms with Crippen molar-refractivity contribution in [2.45, 2.75) is 53.0 Å². The number of para-hydroxylation sites is 1. The van der Waals surface area contributed by atoms with Crippen molar-refractivity contribution in [3.63, 3.8) is 0 Å². The Labute approximate surface area is 184 Å². The number of carbonyl (C=O) groups is 2. The number of amides is 2. The molecule has 8 nitrogen and oxygen atoms in total. The van der Waals surface area contributed by atoms with Gasteiger partial charge >= 0.3 is 0 Å². The summed E-state index contributed by atoms with van der Waals surface area (Å²) in [5.74, 6) is 1.55. The topological polar surface area (TPSA) is 91.6 Å². The number of fused-ring (bicyclic) bond motifs is 1. The average Bonchev–Trinajstić information content (AvgIpc) is 3.14. The summed E-state index contributed by atoms with van der Waals surface area (Å²) in [6.07, 6.45) is 2.00.